The molecule has 0 fully saturated rings. The quantitative estimate of drug-likeness (QED) is 0.441. The van der Waals surface area contributed by atoms with Gasteiger partial charge in [-0.05, 0) is 55.7 Å². The summed E-state index contributed by atoms with van der Waals surface area (Å²) in [6.07, 6.45) is 0.499. The van der Waals surface area contributed by atoms with E-state index >= 15 is 0 Å². The van der Waals surface area contributed by atoms with Gasteiger partial charge in [0.05, 0.1) is 12.9 Å². The molecule has 2 rings (SSSR count). The number of methoxy groups -OCH3 is 1. The molecule has 0 radical (unpaired) electrons. The Bertz CT molecular complexity index is 907. The summed E-state index contributed by atoms with van der Waals surface area (Å²) in [7, 11) is 1.63. The van der Waals surface area contributed by atoms with Crippen LogP contribution in [0, 0.1) is 0 Å². The molecule has 2 aromatic carbocycles. The van der Waals surface area contributed by atoms with Crippen molar-refractivity contribution in [3.05, 3.63) is 63.6 Å². The Labute approximate surface area is 204 Å². The minimum atomic E-state index is -0.585. The molecule has 174 valence electrons. The van der Waals surface area contributed by atoms with Crippen molar-refractivity contribution in [3.8, 4) is 5.75 Å². The second-order valence-electron chi connectivity index (χ2n) is 7.69. The minimum Gasteiger partial charge on any atom is -0.497 e. The van der Waals surface area contributed by atoms with Crippen molar-refractivity contribution in [2.24, 2.45) is 0 Å². The third kappa shape index (κ3) is 7.91. The van der Waals surface area contributed by atoms with Crippen LogP contribution < -0.4 is 10.1 Å². The van der Waals surface area contributed by atoms with Crippen molar-refractivity contribution in [1.82, 2.24) is 10.2 Å². The van der Waals surface area contributed by atoms with Crippen molar-refractivity contribution in [1.29, 1.82) is 0 Å². The number of ether oxygens (including phenoxy) is 1. The van der Waals surface area contributed by atoms with Crippen LogP contribution >= 0.6 is 35.0 Å². The number of rotatable bonds is 11. The van der Waals surface area contributed by atoms with E-state index in [0.29, 0.717) is 22.2 Å². The van der Waals surface area contributed by atoms with Crippen LogP contribution in [0.15, 0.2) is 42.5 Å². The zero-order valence-corrected chi connectivity index (χ0v) is 21.2. The highest BCUT2D eigenvalue weighted by molar-refractivity contribution is 7.99. The van der Waals surface area contributed by atoms with Gasteiger partial charge in [-0.25, -0.2) is 0 Å². The standard InChI is InChI=1S/C24H30Cl2N2O3S/c1-5-22(24(30)27-16(2)3)28(13-18-8-9-19(25)12-21(18)26)23(29)15-32-14-17-6-10-20(31-4)11-7-17/h6-12,16,22H,5,13-15H2,1-4H3,(H,27,30). The maximum absolute atomic E-state index is 13.2. The number of carbonyl (C=O) groups is 2. The molecule has 0 heterocycles. The summed E-state index contributed by atoms with van der Waals surface area (Å²) in [5.41, 5.74) is 1.85. The van der Waals surface area contributed by atoms with Crippen LogP contribution in [0.1, 0.15) is 38.3 Å². The summed E-state index contributed by atoms with van der Waals surface area (Å²) in [4.78, 5) is 27.7. The third-order valence-corrected chi connectivity index (χ3v) is 6.40. The molecule has 1 unspecified atom stereocenters. The first-order valence-corrected chi connectivity index (χ1v) is 12.4. The van der Waals surface area contributed by atoms with Gasteiger partial charge in [-0.3, -0.25) is 9.59 Å². The van der Waals surface area contributed by atoms with Gasteiger partial charge in [-0.1, -0.05) is 48.3 Å². The lowest BCUT2D eigenvalue weighted by atomic mass is 10.1. The molecular formula is C24H30Cl2N2O3S. The summed E-state index contributed by atoms with van der Waals surface area (Å²) in [6, 6.07) is 12.3. The van der Waals surface area contributed by atoms with Crippen LogP contribution in [0.4, 0.5) is 0 Å². The van der Waals surface area contributed by atoms with Crippen LogP contribution in [0.25, 0.3) is 0 Å². The number of carbonyl (C=O) groups excluding carboxylic acids is 2. The maximum atomic E-state index is 13.2. The minimum absolute atomic E-state index is 0.0166. The van der Waals surface area contributed by atoms with E-state index in [1.807, 2.05) is 45.0 Å². The van der Waals surface area contributed by atoms with Gasteiger partial charge in [-0.2, -0.15) is 0 Å². The number of hydrogen-bond donors (Lipinski definition) is 1. The Kier molecular flexibility index (Phi) is 10.7. The monoisotopic (exact) mass is 496 g/mol. The number of amides is 2. The first kappa shape index (κ1) is 26.4. The van der Waals surface area contributed by atoms with Crippen molar-refractivity contribution in [2.45, 2.75) is 51.6 Å². The normalized spacial score (nSPS) is 11.8. The molecule has 2 amide bonds. The molecule has 0 bridgehead atoms. The topological polar surface area (TPSA) is 58.6 Å². The van der Waals surface area contributed by atoms with Gasteiger partial charge in [0, 0.05) is 28.4 Å². The summed E-state index contributed by atoms with van der Waals surface area (Å²) < 4.78 is 5.18. The molecule has 2 aromatic rings. The average Bonchev–Trinajstić information content (AvgIpc) is 2.75. The van der Waals surface area contributed by atoms with Crippen LogP contribution in [-0.4, -0.2) is 41.7 Å². The summed E-state index contributed by atoms with van der Waals surface area (Å²) in [5.74, 6) is 1.45. The molecule has 0 aliphatic carbocycles. The third-order valence-electron chi connectivity index (χ3n) is 4.83. The van der Waals surface area contributed by atoms with Crippen molar-refractivity contribution in [3.63, 3.8) is 0 Å². The Hall–Kier alpha value is -1.89. The van der Waals surface area contributed by atoms with Crippen LogP contribution in [0.3, 0.4) is 0 Å². The van der Waals surface area contributed by atoms with Gasteiger partial charge in [0.25, 0.3) is 0 Å². The Morgan fingerprint density at radius 1 is 1.12 bits per heavy atom. The van der Waals surface area contributed by atoms with E-state index in [1.165, 1.54) is 11.8 Å². The van der Waals surface area contributed by atoms with Crippen molar-refractivity contribution < 1.29 is 14.3 Å². The second-order valence-corrected chi connectivity index (χ2v) is 9.51. The molecule has 0 saturated carbocycles. The summed E-state index contributed by atoms with van der Waals surface area (Å²) >= 11 is 13.9. The lowest BCUT2D eigenvalue weighted by molar-refractivity contribution is -0.139. The number of nitrogens with one attached hydrogen (secondary N) is 1. The van der Waals surface area contributed by atoms with E-state index in [0.717, 1.165) is 16.9 Å². The molecular weight excluding hydrogens is 467 g/mol. The molecule has 8 heteroatoms. The van der Waals surface area contributed by atoms with Crippen LogP contribution in [0.5, 0.6) is 5.75 Å². The number of halogens is 2. The van der Waals surface area contributed by atoms with E-state index in [2.05, 4.69) is 5.32 Å². The van der Waals surface area contributed by atoms with Gasteiger partial charge in [0.2, 0.25) is 11.8 Å². The fraction of sp³-hybridized carbons (Fsp3) is 0.417. The van der Waals surface area contributed by atoms with Crippen molar-refractivity contribution in [2.75, 3.05) is 12.9 Å². The molecule has 0 aliphatic rings. The number of benzene rings is 2. The Morgan fingerprint density at radius 3 is 2.38 bits per heavy atom. The van der Waals surface area contributed by atoms with E-state index in [-0.39, 0.29) is 30.2 Å². The largest absolute Gasteiger partial charge is 0.497 e. The van der Waals surface area contributed by atoms with E-state index < -0.39 is 6.04 Å². The van der Waals surface area contributed by atoms with Gasteiger partial charge in [0.1, 0.15) is 11.8 Å². The highest BCUT2D eigenvalue weighted by atomic mass is 35.5. The van der Waals surface area contributed by atoms with Gasteiger partial charge >= 0.3 is 0 Å². The fourth-order valence-electron chi connectivity index (χ4n) is 3.19. The zero-order valence-electron chi connectivity index (χ0n) is 18.9. The Morgan fingerprint density at radius 2 is 1.81 bits per heavy atom. The molecule has 1 atom stereocenters. The molecule has 0 aromatic heterocycles. The molecule has 32 heavy (non-hydrogen) atoms. The SMILES string of the molecule is CCC(C(=O)NC(C)C)N(Cc1ccc(Cl)cc1Cl)C(=O)CSCc1ccc(OC)cc1. The second kappa shape index (κ2) is 13.0. The molecule has 0 spiro atoms. The number of nitrogens with zero attached hydrogens (tertiary/aromatic N) is 1. The highest BCUT2D eigenvalue weighted by Gasteiger charge is 2.29. The lowest BCUT2D eigenvalue weighted by Gasteiger charge is -2.31. The molecule has 5 nitrogen and oxygen atoms in total. The maximum Gasteiger partial charge on any atom is 0.243 e. The van der Waals surface area contributed by atoms with Gasteiger partial charge in [0.15, 0.2) is 0 Å². The predicted octanol–water partition coefficient (Wildman–Crippen LogP) is 5.57. The predicted molar refractivity (Wildman–Crippen MR) is 134 cm³/mol. The zero-order chi connectivity index (χ0) is 23.7. The van der Waals surface area contributed by atoms with Crippen molar-refractivity contribution >= 4 is 46.8 Å². The highest BCUT2D eigenvalue weighted by Crippen LogP contribution is 2.25. The van der Waals surface area contributed by atoms with E-state index in [9.17, 15) is 9.59 Å². The van der Waals surface area contributed by atoms with Gasteiger partial charge < -0.3 is 15.0 Å². The number of thioether (sulfide) groups is 1. The molecule has 1 N–H and O–H groups in total. The van der Waals surface area contributed by atoms with Crippen LogP contribution in [-0.2, 0) is 21.9 Å². The first-order chi connectivity index (χ1) is 15.2. The summed E-state index contributed by atoms with van der Waals surface area (Å²) in [6.45, 7) is 5.94. The number of hydrogen-bond acceptors (Lipinski definition) is 4. The molecule has 0 saturated heterocycles. The van der Waals surface area contributed by atoms with Crippen LogP contribution in [0.2, 0.25) is 10.0 Å². The average molecular weight is 497 g/mol. The first-order valence-electron chi connectivity index (χ1n) is 10.5. The Balaban J connectivity index is 2.15. The molecule has 0 aliphatic heterocycles. The fourth-order valence-corrected chi connectivity index (χ4v) is 4.53. The smallest absolute Gasteiger partial charge is 0.243 e. The van der Waals surface area contributed by atoms with E-state index in [4.69, 9.17) is 27.9 Å². The van der Waals surface area contributed by atoms with E-state index in [1.54, 1.807) is 30.2 Å². The van der Waals surface area contributed by atoms with Gasteiger partial charge in [-0.15, -0.1) is 11.8 Å². The summed E-state index contributed by atoms with van der Waals surface area (Å²) in [5, 5.41) is 3.92. The lowest BCUT2D eigenvalue weighted by Crippen LogP contribution is -2.51.